The van der Waals surface area contributed by atoms with Crippen molar-refractivity contribution < 1.29 is 9.59 Å². The number of rotatable bonds is 9. The number of hydrogen-bond acceptors (Lipinski definition) is 7. The molecule has 0 bridgehead atoms. The van der Waals surface area contributed by atoms with Gasteiger partial charge in [-0.15, -0.1) is 29.3 Å². The highest BCUT2D eigenvalue weighted by atomic mass is 32.1. The minimum Gasteiger partial charge on any atom is -0.339 e. The van der Waals surface area contributed by atoms with Gasteiger partial charge in [-0.1, -0.05) is 26.0 Å². The molecule has 1 atom stereocenters. The first-order valence-corrected chi connectivity index (χ1v) is 11.4. The van der Waals surface area contributed by atoms with Gasteiger partial charge in [-0.05, 0) is 29.6 Å². The van der Waals surface area contributed by atoms with Crippen molar-refractivity contribution in [3.63, 3.8) is 0 Å². The van der Waals surface area contributed by atoms with Gasteiger partial charge in [0.05, 0.1) is 17.0 Å². The number of amides is 2. The molecule has 2 amide bonds. The van der Waals surface area contributed by atoms with E-state index in [1.165, 1.54) is 22.7 Å². The maximum atomic E-state index is 12.8. The number of thiazole rings is 1. The van der Waals surface area contributed by atoms with Crippen molar-refractivity contribution in [3.8, 4) is 0 Å². The summed E-state index contributed by atoms with van der Waals surface area (Å²) in [6, 6.07) is 2.86. The zero-order valence-corrected chi connectivity index (χ0v) is 19.0. The summed E-state index contributed by atoms with van der Waals surface area (Å²) in [7, 11) is 0. The van der Waals surface area contributed by atoms with Gasteiger partial charge in [0.1, 0.15) is 11.9 Å². The summed E-state index contributed by atoms with van der Waals surface area (Å²) < 4.78 is 2.37. The fraction of sp³-hybridized carbons (Fsp3) is 0.316. The zero-order chi connectivity index (χ0) is 21.7. The molecular formula is C19H22N6O2S3. The van der Waals surface area contributed by atoms with Crippen LogP contribution in [0.5, 0.6) is 0 Å². The first-order valence-electron chi connectivity index (χ1n) is 9.23. The van der Waals surface area contributed by atoms with E-state index < -0.39 is 6.04 Å². The highest BCUT2D eigenvalue weighted by molar-refractivity contribution is 7.71. The molecule has 0 aliphatic carbocycles. The second kappa shape index (κ2) is 9.92. The van der Waals surface area contributed by atoms with Crippen LogP contribution in [0.4, 0.5) is 5.13 Å². The van der Waals surface area contributed by atoms with Gasteiger partial charge in [0, 0.05) is 11.9 Å². The molecule has 3 N–H and O–H groups in total. The van der Waals surface area contributed by atoms with Gasteiger partial charge in [0.2, 0.25) is 5.91 Å². The molecule has 158 valence electrons. The summed E-state index contributed by atoms with van der Waals surface area (Å²) in [6.07, 6.45) is 2.22. The molecule has 0 saturated carbocycles. The number of thiophene rings is 1. The van der Waals surface area contributed by atoms with Crippen molar-refractivity contribution in [2.24, 2.45) is 5.92 Å². The van der Waals surface area contributed by atoms with Gasteiger partial charge in [0.25, 0.3) is 5.91 Å². The normalized spacial score (nSPS) is 12.0. The number of aromatic nitrogens is 4. The van der Waals surface area contributed by atoms with E-state index in [9.17, 15) is 9.59 Å². The van der Waals surface area contributed by atoms with Gasteiger partial charge in [-0.25, -0.2) is 4.98 Å². The van der Waals surface area contributed by atoms with Crippen LogP contribution in [0.25, 0.3) is 0 Å². The maximum absolute atomic E-state index is 12.8. The Labute approximate surface area is 187 Å². The van der Waals surface area contributed by atoms with E-state index in [1.54, 1.807) is 18.2 Å². The number of aromatic amines is 1. The van der Waals surface area contributed by atoms with E-state index in [2.05, 4.69) is 32.4 Å². The number of H-pyrrole nitrogens is 1. The maximum Gasteiger partial charge on any atom is 0.262 e. The number of carbonyl (C=O) groups is 2. The molecule has 0 spiro atoms. The number of nitrogens with zero attached hydrogens (tertiary/aromatic N) is 3. The van der Waals surface area contributed by atoms with E-state index >= 15 is 0 Å². The van der Waals surface area contributed by atoms with Crippen LogP contribution in [0.3, 0.4) is 0 Å². The predicted molar refractivity (Wildman–Crippen MR) is 122 cm³/mol. The molecule has 3 rings (SSSR count). The molecule has 0 aliphatic heterocycles. The summed E-state index contributed by atoms with van der Waals surface area (Å²) in [6.45, 7) is 8.05. The van der Waals surface area contributed by atoms with Gasteiger partial charge in [-0.2, -0.15) is 5.10 Å². The molecule has 3 aromatic heterocycles. The minimum atomic E-state index is -0.671. The van der Waals surface area contributed by atoms with Crippen LogP contribution in [0.15, 0.2) is 35.5 Å². The monoisotopic (exact) mass is 462 g/mol. The van der Waals surface area contributed by atoms with Gasteiger partial charge in [-0.3, -0.25) is 19.3 Å². The second-order valence-electron chi connectivity index (χ2n) is 6.83. The molecule has 8 nitrogen and oxygen atoms in total. The minimum absolute atomic E-state index is 0.0827. The lowest BCUT2D eigenvalue weighted by atomic mass is 10.0. The quantitative estimate of drug-likeness (QED) is 0.333. The number of allylic oxidation sites excluding steroid dienone is 1. The molecule has 3 aromatic rings. The lowest BCUT2D eigenvalue weighted by molar-refractivity contribution is -0.118. The van der Waals surface area contributed by atoms with Crippen LogP contribution < -0.4 is 10.6 Å². The third-order valence-electron chi connectivity index (χ3n) is 4.25. The highest BCUT2D eigenvalue weighted by Crippen LogP contribution is 2.19. The summed E-state index contributed by atoms with van der Waals surface area (Å²) in [4.78, 5) is 30.2. The van der Waals surface area contributed by atoms with Crippen LogP contribution in [0.1, 0.15) is 35.0 Å². The first-order chi connectivity index (χ1) is 14.4. The Hall–Kier alpha value is -2.63. The Kier molecular flexibility index (Phi) is 7.29. The average Bonchev–Trinajstić information content (AvgIpc) is 3.44. The Bertz CT molecular complexity index is 1080. The summed E-state index contributed by atoms with van der Waals surface area (Å²) >= 11 is 7.88. The van der Waals surface area contributed by atoms with E-state index in [0.717, 1.165) is 11.5 Å². The van der Waals surface area contributed by atoms with Crippen LogP contribution in [-0.4, -0.2) is 37.6 Å². The van der Waals surface area contributed by atoms with E-state index in [-0.39, 0.29) is 17.7 Å². The van der Waals surface area contributed by atoms with Gasteiger partial charge >= 0.3 is 0 Å². The van der Waals surface area contributed by atoms with Crippen molar-refractivity contribution in [1.29, 1.82) is 0 Å². The molecule has 0 saturated heterocycles. The molecule has 3 heterocycles. The first kappa shape index (κ1) is 22.1. The van der Waals surface area contributed by atoms with Crippen LogP contribution in [-0.2, 0) is 17.8 Å². The number of nitrogens with one attached hydrogen (secondary N) is 3. The third kappa shape index (κ3) is 5.29. The number of hydrogen-bond donors (Lipinski definition) is 3. The number of carbonyl (C=O) groups excluding carboxylic acids is 2. The summed E-state index contributed by atoms with van der Waals surface area (Å²) in [5.41, 5.74) is 0.762. The SMILES string of the molecule is C=CCn1c(Cc2csc(NC(=O)C(NC(=O)c3cccs3)C(C)C)n2)n[nH]c1=S. The molecule has 0 aliphatic rings. The van der Waals surface area contributed by atoms with E-state index in [0.29, 0.717) is 27.7 Å². The van der Waals surface area contributed by atoms with Crippen molar-refractivity contribution in [2.75, 3.05) is 5.32 Å². The van der Waals surface area contributed by atoms with E-state index in [1.807, 2.05) is 29.2 Å². The molecule has 0 radical (unpaired) electrons. The van der Waals surface area contributed by atoms with Gasteiger partial charge in [0.15, 0.2) is 9.90 Å². The third-order valence-corrected chi connectivity index (χ3v) is 6.24. The van der Waals surface area contributed by atoms with Crippen molar-refractivity contribution in [3.05, 3.63) is 56.7 Å². The van der Waals surface area contributed by atoms with Crippen molar-refractivity contribution >= 4 is 51.8 Å². The van der Waals surface area contributed by atoms with E-state index in [4.69, 9.17) is 12.2 Å². The Morgan fingerprint density at radius 3 is 2.87 bits per heavy atom. The summed E-state index contributed by atoms with van der Waals surface area (Å²) in [5, 5.41) is 16.8. The highest BCUT2D eigenvalue weighted by Gasteiger charge is 2.26. The fourth-order valence-electron chi connectivity index (χ4n) is 2.75. The van der Waals surface area contributed by atoms with Crippen LogP contribution in [0, 0.1) is 10.7 Å². The summed E-state index contributed by atoms with van der Waals surface area (Å²) in [5.74, 6) is 0.0981. The largest absolute Gasteiger partial charge is 0.339 e. The standard InChI is InChI=1S/C19H22N6O2S3/c1-4-7-25-14(23-24-19(25)28)9-12-10-30-18(20-12)22-17(27)15(11(2)3)21-16(26)13-6-5-8-29-13/h4-6,8,10-11,15H,1,7,9H2,2-3H3,(H,21,26)(H,24,28)(H,20,22,27). The van der Waals surface area contributed by atoms with Crippen LogP contribution in [0.2, 0.25) is 0 Å². The van der Waals surface area contributed by atoms with Crippen molar-refractivity contribution in [2.45, 2.75) is 32.9 Å². The lowest BCUT2D eigenvalue weighted by Crippen LogP contribution is -2.46. The smallest absolute Gasteiger partial charge is 0.262 e. The number of anilines is 1. The topological polar surface area (TPSA) is 105 Å². The molecule has 1 unspecified atom stereocenters. The molecule has 30 heavy (non-hydrogen) atoms. The fourth-order valence-corrected chi connectivity index (χ4v) is 4.31. The molecule has 0 aromatic carbocycles. The lowest BCUT2D eigenvalue weighted by Gasteiger charge is -2.20. The Morgan fingerprint density at radius 2 is 2.20 bits per heavy atom. The Morgan fingerprint density at radius 1 is 1.40 bits per heavy atom. The average molecular weight is 463 g/mol. The Balaban J connectivity index is 1.66. The molecular weight excluding hydrogens is 440 g/mol. The zero-order valence-electron chi connectivity index (χ0n) is 16.5. The van der Waals surface area contributed by atoms with Crippen molar-refractivity contribution in [1.82, 2.24) is 25.1 Å². The second-order valence-corrected chi connectivity index (χ2v) is 9.02. The van der Waals surface area contributed by atoms with Crippen LogP contribution >= 0.6 is 34.9 Å². The van der Waals surface area contributed by atoms with Gasteiger partial charge < -0.3 is 10.6 Å². The molecule has 11 heteroatoms. The predicted octanol–water partition coefficient (Wildman–Crippen LogP) is 3.63. The molecule has 0 fully saturated rings.